The lowest BCUT2D eigenvalue weighted by atomic mass is 10.1. The van der Waals surface area contributed by atoms with E-state index in [9.17, 15) is 15.3 Å². The van der Waals surface area contributed by atoms with Crippen molar-refractivity contribution in [1.82, 2.24) is 0 Å². The van der Waals surface area contributed by atoms with Crippen LogP contribution in [0.25, 0.3) is 6.08 Å². The first-order chi connectivity index (χ1) is 6.49. The highest BCUT2D eigenvalue weighted by Gasteiger charge is 2.32. The van der Waals surface area contributed by atoms with Crippen LogP contribution in [0, 0.1) is 0 Å². The van der Waals surface area contributed by atoms with Crippen LogP contribution in [0.2, 0.25) is 0 Å². The first kappa shape index (κ1) is 8.86. The van der Waals surface area contributed by atoms with Gasteiger partial charge >= 0.3 is 5.91 Å². The third-order valence-electron chi connectivity index (χ3n) is 2.00. The predicted molar refractivity (Wildman–Crippen MR) is 49.5 cm³/mol. The maximum Gasteiger partial charge on any atom is 0.306 e. The zero-order valence-electron chi connectivity index (χ0n) is 7.10. The molecule has 2 rings (SSSR count). The Morgan fingerprint density at radius 2 is 1.86 bits per heavy atom. The first-order valence-corrected chi connectivity index (χ1v) is 3.96. The van der Waals surface area contributed by atoms with Crippen LogP contribution in [0.1, 0.15) is 5.56 Å². The van der Waals surface area contributed by atoms with Crippen molar-refractivity contribution in [2.45, 2.75) is 5.91 Å². The number of hydrogen-bond acceptors (Lipinski definition) is 5. The van der Waals surface area contributed by atoms with E-state index in [1.54, 1.807) is 6.07 Å². The van der Waals surface area contributed by atoms with Gasteiger partial charge in [0.2, 0.25) is 0 Å². The van der Waals surface area contributed by atoms with E-state index >= 15 is 0 Å². The predicted octanol–water partition coefficient (Wildman–Crippen LogP) is 0.355. The fourth-order valence-corrected chi connectivity index (χ4v) is 1.28. The van der Waals surface area contributed by atoms with Crippen LogP contribution in [-0.4, -0.2) is 26.3 Å². The molecule has 0 saturated heterocycles. The molecule has 5 nitrogen and oxygen atoms in total. The van der Waals surface area contributed by atoms with Gasteiger partial charge in [0, 0.05) is 17.3 Å². The summed E-state index contributed by atoms with van der Waals surface area (Å²) in [5.41, 5.74) is 0.909. The second-order valence-corrected chi connectivity index (χ2v) is 3.10. The molecule has 1 aromatic rings. The topological polar surface area (TPSA) is 93.0 Å². The largest absolute Gasteiger partial charge is 0.508 e. The minimum Gasteiger partial charge on any atom is -0.508 e. The minimum atomic E-state index is -2.47. The number of phenols is 1. The molecule has 1 aromatic carbocycles. The number of aromatic hydroxyl groups is 1. The van der Waals surface area contributed by atoms with E-state index in [1.807, 2.05) is 0 Å². The minimum absolute atomic E-state index is 0.00170. The molecule has 5 N–H and O–H groups in total. The van der Waals surface area contributed by atoms with Gasteiger partial charge in [0.15, 0.2) is 5.76 Å². The number of aliphatic hydroxyl groups is 3. The monoisotopic (exact) mass is 195 g/mol. The molecule has 1 aliphatic rings. The molecule has 0 atom stereocenters. The number of nitrogens with one attached hydrogen (secondary N) is 1. The van der Waals surface area contributed by atoms with Crippen molar-refractivity contribution >= 4 is 11.8 Å². The molecular formula is C9H9NO4. The van der Waals surface area contributed by atoms with E-state index in [0.29, 0.717) is 11.3 Å². The quantitative estimate of drug-likeness (QED) is 0.385. The molecule has 0 aromatic heterocycles. The van der Waals surface area contributed by atoms with Crippen LogP contribution < -0.4 is 5.32 Å². The highest BCUT2D eigenvalue weighted by atomic mass is 16.5. The van der Waals surface area contributed by atoms with Crippen molar-refractivity contribution in [3.05, 3.63) is 29.5 Å². The van der Waals surface area contributed by atoms with Crippen molar-refractivity contribution in [1.29, 1.82) is 0 Å². The highest BCUT2D eigenvalue weighted by Crippen LogP contribution is 2.31. The molecule has 1 heterocycles. The Labute approximate surface area is 79.6 Å². The summed E-state index contributed by atoms with van der Waals surface area (Å²) >= 11 is 0. The highest BCUT2D eigenvalue weighted by molar-refractivity contribution is 5.73. The third-order valence-corrected chi connectivity index (χ3v) is 2.00. The van der Waals surface area contributed by atoms with Gasteiger partial charge in [0.1, 0.15) is 5.75 Å². The number of hydrogen-bond donors (Lipinski definition) is 5. The number of aliphatic hydroxyl groups excluding tert-OH is 1. The SMILES string of the molecule is OC1=Cc2ccc(O)cc2NC1(O)O. The Hall–Kier alpha value is -1.72. The third kappa shape index (κ3) is 1.28. The molecule has 0 bridgehead atoms. The van der Waals surface area contributed by atoms with E-state index in [1.165, 1.54) is 18.2 Å². The molecule has 74 valence electrons. The summed E-state index contributed by atoms with van der Waals surface area (Å²) < 4.78 is 0. The van der Waals surface area contributed by atoms with E-state index in [4.69, 9.17) is 5.11 Å². The zero-order chi connectivity index (χ0) is 10.3. The van der Waals surface area contributed by atoms with Crippen molar-refractivity contribution in [3.8, 4) is 5.75 Å². The Balaban J connectivity index is 2.54. The van der Waals surface area contributed by atoms with E-state index in [-0.39, 0.29) is 5.75 Å². The van der Waals surface area contributed by atoms with Gasteiger partial charge < -0.3 is 25.7 Å². The zero-order valence-corrected chi connectivity index (χ0v) is 7.10. The van der Waals surface area contributed by atoms with Gasteiger partial charge in [-0.05, 0) is 18.2 Å². The summed E-state index contributed by atoms with van der Waals surface area (Å²) in [6, 6.07) is 4.31. The van der Waals surface area contributed by atoms with Gasteiger partial charge in [-0.25, -0.2) is 0 Å². The average molecular weight is 195 g/mol. The second-order valence-electron chi connectivity index (χ2n) is 3.10. The molecule has 5 heteroatoms. The Kier molecular flexibility index (Phi) is 1.67. The number of anilines is 1. The molecule has 14 heavy (non-hydrogen) atoms. The summed E-state index contributed by atoms with van der Waals surface area (Å²) in [5.74, 6) is -3.06. The van der Waals surface area contributed by atoms with E-state index in [0.717, 1.165) is 0 Å². The molecule has 0 fully saturated rings. The lowest BCUT2D eigenvalue weighted by Crippen LogP contribution is -2.41. The second kappa shape index (κ2) is 2.63. The van der Waals surface area contributed by atoms with Crippen LogP contribution >= 0.6 is 0 Å². The van der Waals surface area contributed by atoms with Gasteiger partial charge in [0.25, 0.3) is 0 Å². The average Bonchev–Trinajstić information content (AvgIpc) is 2.07. The summed E-state index contributed by atoms with van der Waals surface area (Å²) in [7, 11) is 0. The van der Waals surface area contributed by atoms with Crippen LogP contribution in [0.3, 0.4) is 0 Å². The van der Waals surface area contributed by atoms with Gasteiger partial charge in [-0.2, -0.15) is 0 Å². The van der Waals surface area contributed by atoms with Crippen LogP contribution in [-0.2, 0) is 0 Å². The van der Waals surface area contributed by atoms with Crippen LogP contribution in [0.4, 0.5) is 5.69 Å². The number of rotatable bonds is 0. The number of phenolic OH excluding ortho intramolecular Hbond substituents is 1. The smallest absolute Gasteiger partial charge is 0.306 e. The van der Waals surface area contributed by atoms with Gasteiger partial charge in [-0.1, -0.05) is 0 Å². The molecule has 0 saturated carbocycles. The fraction of sp³-hybridized carbons (Fsp3) is 0.111. The Morgan fingerprint density at radius 3 is 2.57 bits per heavy atom. The summed E-state index contributed by atoms with van der Waals surface area (Å²) in [4.78, 5) is 0. The van der Waals surface area contributed by atoms with Crippen LogP contribution in [0.15, 0.2) is 24.0 Å². The molecule has 1 aliphatic heterocycles. The van der Waals surface area contributed by atoms with Gasteiger partial charge in [-0.15, -0.1) is 0 Å². The Morgan fingerprint density at radius 1 is 1.14 bits per heavy atom. The van der Waals surface area contributed by atoms with Crippen molar-refractivity contribution in [2.75, 3.05) is 5.32 Å². The lowest BCUT2D eigenvalue weighted by Gasteiger charge is -2.28. The number of benzene rings is 1. The maximum absolute atomic E-state index is 9.23. The normalized spacial score (nSPS) is 18.0. The lowest BCUT2D eigenvalue weighted by molar-refractivity contribution is -0.127. The Bertz CT molecular complexity index is 411. The van der Waals surface area contributed by atoms with Crippen molar-refractivity contribution in [3.63, 3.8) is 0 Å². The van der Waals surface area contributed by atoms with Gasteiger partial charge in [0.05, 0.1) is 0 Å². The summed E-state index contributed by atoms with van der Waals surface area (Å²) in [5, 5.41) is 39.0. The summed E-state index contributed by atoms with van der Waals surface area (Å²) in [6.45, 7) is 0. The standard InChI is InChI=1S/C9H9NO4/c11-6-2-1-5-3-8(12)9(13,14)10-7(5)4-6/h1-4,10-14H. The van der Waals surface area contributed by atoms with E-state index in [2.05, 4.69) is 5.32 Å². The van der Waals surface area contributed by atoms with Crippen LogP contribution in [0.5, 0.6) is 5.75 Å². The molecule has 0 spiro atoms. The number of fused-ring (bicyclic) bond motifs is 1. The molecular weight excluding hydrogens is 186 g/mol. The summed E-state index contributed by atoms with van der Waals surface area (Å²) in [6.07, 6.45) is 1.21. The molecule has 0 aliphatic carbocycles. The molecule has 0 radical (unpaired) electrons. The van der Waals surface area contributed by atoms with Gasteiger partial charge in [-0.3, -0.25) is 0 Å². The molecule has 0 amide bonds. The van der Waals surface area contributed by atoms with Crippen molar-refractivity contribution < 1.29 is 20.4 Å². The fourth-order valence-electron chi connectivity index (χ4n) is 1.28. The maximum atomic E-state index is 9.23. The first-order valence-electron chi connectivity index (χ1n) is 3.96. The molecule has 0 unspecified atom stereocenters. The van der Waals surface area contributed by atoms with Crippen molar-refractivity contribution in [2.24, 2.45) is 0 Å². The van der Waals surface area contributed by atoms with E-state index < -0.39 is 11.7 Å².